The van der Waals surface area contributed by atoms with Gasteiger partial charge in [0.2, 0.25) is 0 Å². The van der Waals surface area contributed by atoms with Crippen LogP contribution in [0.4, 0.5) is 14.0 Å². The Morgan fingerprint density at radius 3 is 2.70 bits per heavy atom. The highest BCUT2D eigenvalue weighted by Gasteiger charge is 2.32. The monoisotopic (exact) mass is 522 g/mol. The number of alkyl carbamates (subject to hydrolysis) is 1. The Morgan fingerprint density at radius 2 is 2.00 bits per heavy atom. The highest BCUT2D eigenvalue weighted by atomic mass is 19.1. The van der Waals surface area contributed by atoms with Crippen molar-refractivity contribution in [3.8, 4) is 0 Å². The fraction of sp³-hybridized carbons (Fsp3) is 0.704. The van der Waals surface area contributed by atoms with Crippen LogP contribution in [0.2, 0.25) is 0 Å². The van der Waals surface area contributed by atoms with Gasteiger partial charge < -0.3 is 35.1 Å². The molecule has 1 aromatic carbocycles. The maximum absolute atomic E-state index is 14.3. The Hall–Kier alpha value is -2.43. The molecule has 37 heavy (non-hydrogen) atoms. The van der Waals surface area contributed by atoms with Crippen molar-refractivity contribution in [3.63, 3.8) is 0 Å². The van der Waals surface area contributed by atoms with E-state index in [0.717, 1.165) is 56.4 Å². The van der Waals surface area contributed by atoms with Gasteiger partial charge in [0.1, 0.15) is 5.82 Å². The smallest absolute Gasteiger partial charge is 0.406 e. The van der Waals surface area contributed by atoms with Crippen LogP contribution in [0.5, 0.6) is 0 Å². The van der Waals surface area contributed by atoms with Gasteiger partial charge in [0.15, 0.2) is 0 Å². The van der Waals surface area contributed by atoms with Crippen molar-refractivity contribution in [2.24, 2.45) is 11.8 Å². The van der Waals surface area contributed by atoms with Crippen molar-refractivity contribution < 1.29 is 28.2 Å². The van der Waals surface area contributed by atoms with E-state index in [9.17, 15) is 14.0 Å². The van der Waals surface area contributed by atoms with Crippen LogP contribution in [-0.2, 0) is 14.2 Å². The summed E-state index contributed by atoms with van der Waals surface area (Å²) in [5, 5.41) is 9.06. The molecule has 2 aliphatic rings. The highest BCUT2D eigenvalue weighted by Crippen LogP contribution is 2.34. The number of rotatable bonds is 11. The number of carbonyl (C=O) groups excluding carboxylic acids is 2. The van der Waals surface area contributed by atoms with E-state index in [1.54, 1.807) is 0 Å². The Balaban J connectivity index is 1.65. The molecular formula is C27H43FN4O5. The zero-order valence-corrected chi connectivity index (χ0v) is 22.4. The number of likely N-dealkylation sites (N-methyl/N-ethyl adjacent to an activating group) is 1. The molecule has 9 nitrogen and oxygen atoms in total. The minimum Gasteiger partial charge on any atom is -0.453 e. The maximum atomic E-state index is 14.3. The molecule has 3 rings (SSSR count). The number of benzene rings is 1. The first-order chi connectivity index (χ1) is 17.9. The maximum Gasteiger partial charge on any atom is 0.406 e. The molecule has 0 spiro atoms. The van der Waals surface area contributed by atoms with Crippen molar-refractivity contribution >= 4 is 12.1 Å². The van der Waals surface area contributed by atoms with Gasteiger partial charge in [-0.25, -0.2) is 14.0 Å². The highest BCUT2D eigenvalue weighted by molar-refractivity contribution is 5.74. The van der Waals surface area contributed by atoms with Crippen LogP contribution in [0.1, 0.15) is 49.3 Å². The van der Waals surface area contributed by atoms with Crippen LogP contribution in [0, 0.1) is 24.6 Å². The summed E-state index contributed by atoms with van der Waals surface area (Å²) >= 11 is 0. The molecule has 0 aromatic heterocycles. The van der Waals surface area contributed by atoms with Gasteiger partial charge in [-0.15, -0.1) is 0 Å². The van der Waals surface area contributed by atoms with Crippen molar-refractivity contribution in [2.75, 3.05) is 60.2 Å². The normalized spacial score (nSPS) is 20.2. The second-order valence-corrected chi connectivity index (χ2v) is 10.1. The first-order valence-electron chi connectivity index (χ1n) is 13.4. The second-order valence-electron chi connectivity index (χ2n) is 10.1. The van der Waals surface area contributed by atoms with E-state index in [1.807, 2.05) is 24.9 Å². The van der Waals surface area contributed by atoms with Gasteiger partial charge in [0.25, 0.3) is 0 Å². The molecule has 1 aromatic rings. The lowest BCUT2D eigenvalue weighted by Crippen LogP contribution is -2.52. The number of carbonyl (C=O) groups is 2. The molecule has 0 aliphatic carbocycles. The summed E-state index contributed by atoms with van der Waals surface area (Å²) in [5.41, 5.74) is 1.56. The summed E-state index contributed by atoms with van der Waals surface area (Å²) in [6, 6.07) is 4.89. The molecule has 0 unspecified atom stereocenters. The van der Waals surface area contributed by atoms with Gasteiger partial charge in [0, 0.05) is 51.4 Å². The van der Waals surface area contributed by atoms with Crippen molar-refractivity contribution in [1.29, 1.82) is 0 Å². The Morgan fingerprint density at radius 1 is 1.22 bits per heavy atom. The summed E-state index contributed by atoms with van der Waals surface area (Å²) in [4.78, 5) is 26.6. The number of amides is 3. The summed E-state index contributed by atoms with van der Waals surface area (Å²) in [6.45, 7) is 5.83. The third-order valence-electron chi connectivity index (χ3n) is 7.16. The first kappa shape index (κ1) is 29.1. The number of likely N-dealkylation sites (tertiary alicyclic amines) is 1. The Bertz CT molecular complexity index is 847. The average molecular weight is 523 g/mol. The molecule has 2 aliphatic heterocycles. The van der Waals surface area contributed by atoms with E-state index in [4.69, 9.17) is 9.47 Å². The quantitative estimate of drug-likeness (QED) is 0.385. The molecule has 3 amide bonds. The number of piperidine rings is 1. The zero-order valence-electron chi connectivity index (χ0n) is 22.4. The number of halogens is 1. The van der Waals surface area contributed by atoms with Gasteiger partial charge in [-0.05, 0) is 75.3 Å². The van der Waals surface area contributed by atoms with E-state index in [-0.39, 0.29) is 37.0 Å². The summed E-state index contributed by atoms with van der Waals surface area (Å²) < 4.78 is 30.6. The second kappa shape index (κ2) is 15.1. The van der Waals surface area contributed by atoms with Crippen LogP contribution in [-0.4, -0.2) is 83.2 Å². The number of urea groups is 1. The molecule has 2 saturated heterocycles. The fourth-order valence-electron chi connectivity index (χ4n) is 5.38. The summed E-state index contributed by atoms with van der Waals surface area (Å²) in [6.07, 6.45) is 3.74. The van der Waals surface area contributed by atoms with E-state index in [1.165, 1.54) is 19.2 Å². The lowest BCUT2D eigenvalue weighted by molar-refractivity contribution is -0.00887. The van der Waals surface area contributed by atoms with E-state index < -0.39 is 12.2 Å². The lowest BCUT2D eigenvalue weighted by atomic mass is 9.87. The third kappa shape index (κ3) is 9.43. The minimum atomic E-state index is -0.529. The zero-order chi connectivity index (χ0) is 26.6. The average Bonchev–Trinajstić information content (AvgIpc) is 2.88. The molecule has 2 heterocycles. The largest absolute Gasteiger partial charge is 0.453 e. The fourth-order valence-corrected chi connectivity index (χ4v) is 5.38. The van der Waals surface area contributed by atoms with Crippen LogP contribution < -0.4 is 16.0 Å². The van der Waals surface area contributed by atoms with Crippen LogP contribution in [0.3, 0.4) is 0 Å². The molecule has 0 saturated carbocycles. The molecular weight excluding hydrogens is 479 g/mol. The Labute approximate surface area is 219 Å². The summed E-state index contributed by atoms with van der Waals surface area (Å²) in [5.74, 6) is 0.232. The molecule has 0 radical (unpaired) electrons. The number of nitrogens with zero attached hydrogens (tertiary/aromatic N) is 1. The van der Waals surface area contributed by atoms with Gasteiger partial charge in [0.05, 0.1) is 19.8 Å². The van der Waals surface area contributed by atoms with Crippen molar-refractivity contribution in [3.05, 3.63) is 35.1 Å². The molecule has 10 heteroatoms. The van der Waals surface area contributed by atoms with E-state index >= 15 is 0 Å². The van der Waals surface area contributed by atoms with Gasteiger partial charge in [-0.1, -0.05) is 6.07 Å². The SMILES string of the molecule is CNC[C@H](CC1CCOCC1)NC(=O)N1CCC[C@@H]([C@@H](OCCNC(=O)OC)c2cc(C)cc(F)c2)C1. The van der Waals surface area contributed by atoms with Crippen LogP contribution in [0.25, 0.3) is 0 Å². The number of hydrogen-bond donors (Lipinski definition) is 3. The predicted molar refractivity (Wildman–Crippen MR) is 139 cm³/mol. The lowest BCUT2D eigenvalue weighted by Gasteiger charge is -2.38. The number of ether oxygens (including phenoxy) is 3. The van der Waals surface area contributed by atoms with Gasteiger partial charge in [-0.2, -0.15) is 0 Å². The Kier molecular flexibility index (Phi) is 11.9. The molecule has 3 N–H and O–H groups in total. The molecule has 3 atom stereocenters. The number of aryl methyl sites for hydroxylation is 1. The van der Waals surface area contributed by atoms with Crippen LogP contribution in [0.15, 0.2) is 18.2 Å². The van der Waals surface area contributed by atoms with Crippen molar-refractivity contribution in [1.82, 2.24) is 20.9 Å². The number of methoxy groups -OCH3 is 1. The topological polar surface area (TPSA) is 101 Å². The standard InChI is InChI=1S/C27H43FN4O5/c1-19-13-22(16-23(28)14-19)25(37-12-8-30-27(34)35-3)21-5-4-9-32(18-21)26(33)31-24(17-29-2)15-20-6-10-36-11-7-20/h13-14,16,20-21,24-25,29H,4-12,15,17-18H2,1-3H3,(H,30,34)(H,31,33)/t21-,24+,25-/m1/s1. The molecule has 2 fully saturated rings. The van der Waals surface area contributed by atoms with Gasteiger partial charge in [-0.3, -0.25) is 0 Å². The van der Waals surface area contributed by atoms with Gasteiger partial charge >= 0.3 is 12.1 Å². The summed E-state index contributed by atoms with van der Waals surface area (Å²) in [7, 11) is 3.21. The molecule has 208 valence electrons. The predicted octanol–water partition coefficient (Wildman–Crippen LogP) is 3.37. The number of nitrogens with one attached hydrogen (secondary N) is 3. The van der Waals surface area contributed by atoms with E-state index in [2.05, 4.69) is 20.7 Å². The van der Waals surface area contributed by atoms with Crippen molar-refractivity contribution in [2.45, 2.75) is 51.2 Å². The first-order valence-corrected chi connectivity index (χ1v) is 13.4. The minimum absolute atomic E-state index is 0.00271. The number of hydrogen-bond acceptors (Lipinski definition) is 6. The van der Waals surface area contributed by atoms with E-state index in [0.29, 0.717) is 25.6 Å². The van der Waals surface area contributed by atoms with Crippen LogP contribution >= 0.6 is 0 Å². The molecule has 0 bridgehead atoms. The third-order valence-corrected chi connectivity index (χ3v) is 7.16.